The van der Waals surface area contributed by atoms with Crippen LogP contribution in [0.2, 0.25) is 0 Å². The van der Waals surface area contributed by atoms with Gasteiger partial charge in [-0.1, -0.05) is 18.2 Å². The number of carbonyl (C=O) groups excluding carboxylic acids is 1. The van der Waals surface area contributed by atoms with Crippen LogP contribution in [0.1, 0.15) is 34.3 Å². The average Bonchev–Trinajstić information content (AvgIpc) is 3.29. The molecule has 100 valence electrons. The number of aliphatic carboxylic acids is 1. The Hall–Kier alpha value is -2.49. The van der Waals surface area contributed by atoms with E-state index in [2.05, 4.69) is 4.98 Å². The number of benzene rings is 1. The molecule has 3 rings (SSSR count). The van der Waals surface area contributed by atoms with Crippen molar-refractivity contribution in [1.29, 1.82) is 0 Å². The molecule has 1 aromatic carbocycles. The lowest BCUT2D eigenvalue weighted by Gasteiger charge is -2.11. The second-order valence-corrected chi connectivity index (χ2v) is 5.04. The third kappa shape index (κ3) is 1.99. The number of aromatic nitrogens is 1. The largest absolute Gasteiger partial charge is 0.481 e. The van der Waals surface area contributed by atoms with Crippen molar-refractivity contribution in [3.63, 3.8) is 0 Å². The molecule has 0 aliphatic heterocycles. The zero-order valence-corrected chi connectivity index (χ0v) is 10.7. The van der Waals surface area contributed by atoms with Gasteiger partial charge in [-0.3, -0.25) is 14.6 Å². The van der Waals surface area contributed by atoms with E-state index in [1.165, 1.54) is 6.20 Å². The van der Waals surface area contributed by atoms with Crippen LogP contribution in [0.25, 0.3) is 0 Å². The molecule has 4 heteroatoms. The van der Waals surface area contributed by atoms with Gasteiger partial charge in [0.25, 0.3) is 0 Å². The summed E-state index contributed by atoms with van der Waals surface area (Å²) in [5.41, 5.74) is 0.929. The fraction of sp³-hybridized carbons (Fsp3) is 0.188. The van der Waals surface area contributed by atoms with E-state index < -0.39 is 11.4 Å². The molecular formula is C16H13NO3. The van der Waals surface area contributed by atoms with Gasteiger partial charge < -0.3 is 5.11 Å². The lowest BCUT2D eigenvalue weighted by molar-refractivity contribution is -0.140. The number of carbonyl (C=O) groups is 2. The van der Waals surface area contributed by atoms with Gasteiger partial charge in [0.15, 0.2) is 5.78 Å². The first kappa shape index (κ1) is 12.5. The zero-order chi connectivity index (χ0) is 14.2. The molecule has 0 amide bonds. The number of hydrogen-bond acceptors (Lipinski definition) is 3. The molecule has 0 atom stereocenters. The maximum Gasteiger partial charge on any atom is 0.314 e. The predicted octanol–water partition coefficient (Wildman–Crippen LogP) is 2.43. The predicted molar refractivity (Wildman–Crippen MR) is 72.7 cm³/mol. The molecule has 0 bridgehead atoms. The van der Waals surface area contributed by atoms with Gasteiger partial charge in [0.2, 0.25) is 0 Å². The maximum atomic E-state index is 12.3. The van der Waals surface area contributed by atoms with E-state index in [1.807, 2.05) is 0 Å². The number of nitrogens with zero attached hydrogens (tertiary/aromatic N) is 1. The third-order valence-electron chi connectivity index (χ3n) is 3.76. The summed E-state index contributed by atoms with van der Waals surface area (Å²) in [6.07, 6.45) is 4.38. The van der Waals surface area contributed by atoms with Crippen LogP contribution in [0, 0.1) is 0 Å². The van der Waals surface area contributed by atoms with Crippen LogP contribution in [-0.2, 0) is 10.2 Å². The van der Waals surface area contributed by atoms with E-state index in [1.54, 1.807) is 42.6 Å². The van der Waals surface area contributed by atoms with Gasteiger partial charge >= 0.3 is 5.97 Å². The van der Waals surface area contributed by atoms with Crippen molar-refractivity contribution in [3.8, 4) is 0 Å². The van der Waals surface area contributed by atoms with E-state index in [-0.39, 0.29) is 5.78 Å². The zero-order valence-electron chi connectivity index (χ0n) is 10.7. The van der Waals surface area contributed by atoms with Crippen molar-refractivity contribution in [1.82, 2.24) is 4.98 Å². The summed E-state index contributed by atoms with van der Waals surface area (Å²) in [4.78, 5) is 27.6. The standard InChI is InChI=1S/C16H13NO3/c18-14(12-4-2-8-17-10-12)11-3-1-5-13(9-11)16(6-7-16)15(19)20/h1-5,8-10H,6-7H2,(H,19,20). The molecule has 1 aromatic heterocycles. The van der Waals surface area contributed by atoms with Crippen LogP contribution in [0.4, 0.5) is 0 Å². The Bertz CT molecular complexity index is 675. The summed E-state index contributed by atoms with van der Waals surface area (Å²) in [6, 6.07) is 10.3. The van der Waals surface area contributed by atoms with Crippen LogP contribution in [0.15, 0.2) is 48.8 Å². The fourth-order valence-corrected chi connectivity index (χ4v) is 2.37. The lowest BCUT2D eigenvalue weighted by atomic mass is 9.93. The van der Waals surface area contributed by atoms with Crippen molar-refractivity contribution in [2.24, 2.45) is 0 Å². The molecule has 0 spiro atoms. The summed E-state index contributed by atoms with van der Waals surface area (Å²) < 4.78 is 0. The summed E-state index contributed by atoms with van der Waals surface area (Å²) in [5, 5.41) is 9.31. The summed E-state index contributed by atoms with van der Waals surface area (Å²) in [7, 11) is 0. The lowest BCUT2D eigenvalue weighted by Crippen LogP contribution is -2.19. The SMILES string of the molecule is O=C(c1cccnc1)c1cccc(C2(C(=O)O)CC2)c1. The third-order valence-corrected chi connectivity index (χ3v) is 3.76. The van der Waals surface area contributed by atoms with Crippen LogP contribution in [-0.4, -0.2) is 21.8 Å². The maximum absolute atomic E-state index is 12.3. The average molecular weight is 267 g/mol. The van der Waals surface area contributed by atoms with E-state index in [0.29, 0.717) is 29.5 Å². The van der Waals surface area contributed by atoms with Crippen molar-refractivity contribution in [3.05, 3.63) is 65.5 Å². The molecule has 0 saturated heterocycles. The van der Waals surface area contributed by atoms with Gasteiger partial charge in [-0.25, -0.2) is 0 Å². The number of carboxylic acids is 1. The van der Waals surface area contributed by atoms with E-state index >= 15 is 0 Å². The highest BCUT2D eigenvalue weighted by molar-refractivity contribution is 6.09. The molecule has 0 unspecified atom stereocenters. The minimum atomic E-state index is -0.816. The minimum Gasteiger partial charge on any atom is -0.481 e. The van der Waals surface area contributed by atoms with Gasteiger partial charge in [-0.2, -0.15) is 0 Å². The Balaban J connectivity index is 1.97. The summed E-state index contributed by atoms with van der Waals surface area (Å²) >= 11 is 0. The topological polar surface area (TPSA) is 67.3 Å². The number of pyridine rings is 1. The van der Waals surface area contributed by atoms with Gasteiger partial charge in [0.05, 0.1) is 5.41 Å². The summed E-state index contributed by atoms with van der Waals surface area (Å²) in [5.74, 6) is -0.954. The quantitative estimate of drug-likeness (QED) is 0.864. The number of hydrogen-bond donors (Lipinski definition) is 1. The highest BCUT2D eigenvalue weighted by Crippen LogP contribution is 2.48. The molecule has 4 nitrogen and oxygen atoms in total. The fourth-order valence-electron chi connectivity index (χ4n) is 2.37. The minimum absolute atomic E-state index is 0.138. The Morgan fingerprint density at radius 3 is 2.45 bits per heavy atom. The first-order valence-corrected chi connectivity index (χ1v) is 6.42. The van der Waals surface area contributed by atoms with Crippen molar-refractivity contribution in [2.75, 3.05) is 0 Å². The molecule has 1 aliphatic rings. The Morgan fingerprint density at radius 2 is 1.85 bits per heavy atom. The van der Waals surface area contributed by atoms with E-state index in [4.69, 9.17) is 0 Å². The van der Waals surface area contributed by atoms with Crippen molar-refractivity contribution < 1.29 is 14.7 Å². The van der Waals surface area contributed by atoms with Gasteiger partial charge in [-0.15, -0.1) is 0 Å². The Labute approximate surface area is 116 Å². The normalized spacial score (nSPS) is 15.6. The van der Waals surface area contributed by atoms with Gasteiger partial charge in [-0.05, 0) is 36.6 Å². The summed E-state index contributed by atoms with van der Waals surface area (Å²) in [6.45, 7) is 0. The Morgan fingerprint density at radius 1 is 1.10 bits per heavy atom. The van der Waals surface area contributed by atoms with Crippen molar-refractivity contribution in [2.45, 2.75) is 18.3 Å². The van der Waals surface area contributed by atoms with Crippen LogP contribution < -0.4 is 0 Å². The second-order valence-electron chi connectivity index (χ2n) is 5.04. The Kier molecular flexibility index (Phi) is 2.86. The molecule has 0 radical (unpaired) electrons. The monoisotopic (exact) mass is 267 g/mol. The number of rotatable bonds is 4. The highest BCUT2D eigenvalue weighted by atomic mass is 16.4. The molecule has 1 N–H and O–H groups in total. The first-order valence-electron chi connectivity index (χ1n) is 6.42. The molecule has 1 saturated carbocycles. The molecule has 1 aliphatic carbocycles. The van der Waals surface area contributed by atoms with Gasteiger partial charge in [0, 0.05) is 23.5 Å². The molecule has 2 aromatic rings. The van der Waals surface area contributed by atoms with E-state index in [0.717, 1.165) is 0 Å². The first-order chi connectivity index (χ1) is 9.63. The van der Waals surface area contributed by atoms with Crippen molar-refractivity contribution >= 4 is 11.8 Å². The molecule has 1 fully saturated rings. The van der Waals surface area contributed by atoms with E-state index in [9.17, 15) is 14.7 Å². The smallest absolute Gasteiger partial charge is 0.314 e. The highest BCUT2D eigenvalue weighted by Gasteiger charge is 2.51. The van der Waals surface area contributed by atoms with Crippen LogP contribution in [0.5, 0.6) is 0 Å². The number of carboxylic acid groups (broad SMARTS) is 1. The number of ketones is 1. The van der Waals surface area contributed by atoms with Gasteiger partial charge in [0.1, 0.15) is 0 Å². The molecule has 1 heterocycles. The van der Waals surface area contributed by atoms with Crippen LogP contribution >= 0.6 is 0 Å². The van der Waals surface area contributed by atoms with Crippen LogP contribution in [0.3, 0.4) is 0 Å². The molecular weight excluding hydrogens is 254 g/mol. The molecule has 20 heavy (non-hydrogen) atoms. The second kappa shape index (κ2) is 4.56.